The first-order valence-corrected chi connectivity index (χ1v) is 14.4. The van der Waals surface area contributed by atoms with E-state index in [0.29, 0.717) is 0 Å². The van der Waals surface area contributed by atoms with Gasteiger partial charge in [0.05, 0.1) is 54.0 Å². The van der Waals surface area contributed by atoms with Crippen molar-refractivity contribution in [3.63, 3.8) is 0 Å². The van der Waals surface area contributed by atoms with Crippen molar-refractivity contribution < 1.29 is 24.0 Å². The van der Waals surface area contributed by atoms with E-state index in [0.717, 1.165) is 50.6 Å². The molecule has 10 nitrogen and oxygen atoms in total. The number of hydrogen-bond acceptors (Lipinski definition) is 6. The summed E-state index contributed by atoms with van der Waals surface area (Å²) in [5.74, 6) is 0. The van der Waals surface area contributed by atoms with Gasteiger partial charge >= 0.3 is 25.5 Å². The Balaban J connectivity index is 0.000000449. The van der Waals surface area contributed by atoms with Crippen molar-refractivity contribution in [2.45, 2.75) is 19.4 Å². The molecule has 1 atom stereocenters. The summed E-state index contributed by atoms with van der Waals surface area (Å²) in [7, 11) is 0. The Morgan fingerprint density at radius 1 is 0.568 bits per heavy atom. The topological polar surface area (TPSA) is 118 Å². The van der Waals surface area contributed by atoms with Gasteiger partial charge in [-0.3, -0.25) is 0 Å². The number of benzene rings is 4. The van der Waals surface area contributed by atoms with Gasteiger partial charge < -0.3 is 28.8 Å². The maximum absolute atomic E-state index is 8.21. The van der Waals surface area contributed by atoms with Crippen LogP contribution in [-0.4, -0.2) is 62.3 Å². The Bertz CT molecular complexity index is 1880. The van der Waals surface area contributed by atoms with Crippen LogP contribution >= 0.6 is 0 Å². The summed E-state index contributed by atoms with van der Waals surface area (Å²) in [6.07, 6.45) is 8.54. The second-order valence-electron chi connectivity index (χ2n) is 10.6. The predicted molar refractivity (Wildman–Crippen MR) is 172 cm³/mol. The number of aromatic nitrogens is 8. The van der Waals surface area contributed by atoms with Gasteiger partial charge in [-0.2, -0.15) is 0 Å². The molecule has 4 aromatic carbocycles. The van der Waals surface area contributed by atoms with Gasteiger partial charge in [0, 0.05) is 28.1 Å². The zero-order valence-electron chi connectivity index (χ0n) is 24.7. The largest absolute Gasteiger partial charge is 1.00 e. The number of hydrogen-bond donors (Lipinski definition) is 2. The van der Waals surface area contributed by atoms with Crippen LogP contribution in [0, 0.1) is 0 Å². The van der Waals surface area contributed by atoms with E-state index in [-0.39, 0.29) is 31.5 Å². The number of nitrogens with zero attached hydrogens (tertiary/aromatic N) is 8. The fraction of sp³-hybridized carbons (Fsp3) is 0.125. The van der Waals surface area contributed by atoms with Gasteiger partial charge in [0.15, 0.2) is 0 Å². The van der Waals surface area contributed by atoms with Crippen LogP contribution in [0.25, 0.3) is 44.1 Å². The van der Waals surface area contributed by atoms with Crippen LogP contribution in [0.2, 0.25) is 0 Å². The van der Waals surface area contributed by atoms with Crippen LogP contribution in [0.15, 0.2) is 122 Å². The van der Waals surface area contributed by atoms with Crippen molar-refractivity contribution in [3.8, 4) is 0 Å². The maximum Gasteiger partial charge on any atom is 1.00 e. The van der Waals surface area contributed by atoms with Crippen LogP contribution in [0.3, 0.4) is 0 Å². The molecule has 0 aliphatic carbocycles. The zero-order chi connectivity index (χ0) is 29.4. The Morgan fingerprint density at radius 2 is 0.841 bits per heavy atom. The molecule has 0 radical (unpaired) electrons. The van der Waals surface area contributed by atoms with Crippen LogP contribution < -0.4 is 24.6 Å². The normalized spacial score (nSPS) is 12.3. The molecular weight excluding hydrogens is 544 g/mol. The van der Waals surface area contributed by atoms with Crippen molar-refractivity contribution in [2.24, 2.45) is 5.73 Å². The molecule has 8 rings (SSSR count). The van der Waals surface area contributed by atoms with Crippen LogP contribution in [0.5, 0.6) is 0 Å². The third-order valence-corrected chi connectivity index (χ3v) is 8.18. The van der Waals surface area contributed by atoms with E-state index in [4.69, 9.17) is 30.8 Å². The van der Waals surface area contributed by atoms with Crippen LogP contribution in [-0.2, 0) is 0 Å². The molecule has 3 N–H and O–H groups in total. The summed E-state index contributed by atoms with van der Waals surface area (Å²) in [4.78, 5) is 19.3. The molecule has 214 valence electrons. The third-order valence-electron chi connectivity index (χ3n) is 8.18. The van der Waals surface area contributed by atoms with Crippen LogP contribution in [0.1, 0.15) is 13.3 Å². The zero-order valence-corrected chi connectivity index (χ0v) is 24.7. The molecule has 0 aliphatic heterocycles. The summed E-state index contributed by atoms with van der Waals surface area (Å²) in [5.41, 5.74) is 12.8. The summed E-state index contributed by atoms with van der Waals surface area (Å²) in [6, 6.07) is 32.8. The van der Waals surface area contributed by atoms with E-state index >= 15 is 0 Å². The van der Waals surface area contributed by atoms with E-state index in [2.05, 4.69) is 42.2 Å². The van der Waals surface area contributed by atoms with Crippen molar-refractivity contribution in [3.05, 3.63) is 122 Å². The molecule has 4 heterocycles. The number of aliphatic hydroxyl groups excluding tert-OH is 1. The molecule has 0 amide bonds. The Morgan fingerprint density at radius 3 is 1.07 bits per heavy atom. The predicted octanol–water partition coefficient (Wildman–Crippen LogP) is 1.73. The molecule has 4 aromatic heterocycles. The molecule has 44 heavy (non-hydrogen) atoms. The maximum atomic E-state index is 8.21. The molecule has 0 saturated heterocycles. The van der Waals surface area contributed by atoms with Crippen LogP contribution in [0.4, 0.5) is 0 Å². The number of imidazole rings is 4. The van der Waals surface area contributed by atoms with Gasteiger partial charge in [0.2, 0.25) is 0 Å². The summed E-state index contributed by atoms with van der Waals surface area (Å²) >= 11 is 0. The number of rotatable bonds is 6. The van der Waals surface area contributed by atoms with E-state index in [1.54, 1.807) is 0 Å². The molecule has 8 aromatic rings. The monoisotopic (exact) mass is 575 g/mol. The SMILES string of the molecule is CC[C@@H](N)CO.[Li+].c1ccc2c(c1)ncn2[B-](n1cnc2ccccc21)(n1cnc2ccccc21)n1cnc2ccccc21. The first-order valence-electron chi connectivity index (χ1n) is 14.4. The molecule has 0 bridgehead atoms. The summed E-state index contributed by atoms with van der Waals surface area (Å²) in [5, 5.41) is 8.21. The van der Waals surface area contributed by atoms with Crippen molar-refractivity contribution in [1.29, 1.82) is 0 Å². The Kier molecular flexibility index (Phi) is 8.12. The molecular formula is C32H31BLiN9O. The Labute approximate surface area is 266 Å². The average Bonchev–Trinajstić information content (AvgIpc) is 3.88. The summed E-state index contributed by atoms with van der Waals surface area (Å²) in [6.45, 7) is -0.0356. The van der Waals surface area contributed by atoms with Crippen molar-refractivity contribution >= 4 is 50.8 Å². The smallest absolute Gasteiger partial charge is 0.448 e. The van der Waals surface area contributed by atoms with E-state index in [9.17, 15) is 0 Å². The fourth-order valence-corrected chi connectivity index (χ4v) is 5.95. The average molecular weight is 575 g/mol. The third kappa shape index (κ3) is 4.62. The van der Waals surface area contributed by atoms with Gasteiger partial charge in [0.25, 0.3) is 0 Å². The standard InChI is InChI=1S/C28H20BN8.C4H11NO.Li/c1-5-13-25-21(9-1)30-17-34(25)29(35-18-31-22-10-2-6-14-26(22)35,36-19-32-23-11-3-7-15-27(23)36)37-20-33-24-12-4-8-16-28(24)37;1-2-4(5)3-6;/h1-20H;4,6H,2-3,5H2,1H3;/q-1;;+1/t;4-;/m.1./s1. The minimum atomic E-state index is -2.09. The molecule has 0 spiro atoms. The first-order chi connectivity index (χ1) is 21.2. The van der Waals surface area contributed by atoms with Gasteiger partial charge in [0.1, 0.15) is 0 Å². The minimum absolute atomic E-state index is 0. The van der Waals surface area contributed by atoms with Crippen molar-refractivity contribution in [1.82, 2.24) is 37.8 Å². The number of para-hydroxylation sites is 8. The number of aliphatic hydroxyl groups is 1. The van der Waals surface area contributed by atoms with Gasteiger partial charge in [-0.15, -0.1) is 0 Å². The molecule has 0 aliphatic rings. The van der Waals surface area contributed by atoms with E-state index in [1.165, 1.54) is 0 Å². The summed E-state index contributed by atoms with van der Waals surface area (Å²) < 4.78 is 8.97. The molecule has 0 fully saturated rings. The molecule has 0 saturated carbocycles. The van der Waals surface area contributed by atoms with Gasteiger partial charge in [-0.05, 0) is 55.0 Å². The fourth-order valence-electron chi connectivity index (χ4n) is 5.95. The minimum Gasteiger partial charge on any atom is -0.448 e. The quantitative estimate of drug-likeness (QED) is 0.292. The second kappa shape index (κ2) is 12.1. The number of nitrogens with two attached hydrogens (primary N) is 1. The molecule has 12 heteroatoms. The Hall–Kier alpha value is -4.66. The van der Waals surface area contributed by atoms with Gasteiger partial charge in [-0.1, -0.05) is 55.5 Å². The number of fused-ring (bicyclic) bond motifs is 4. The van der Waals surface area contributed by atoms with Gasteiger partial charge in [-0.25, -0.2) is 19.9 Å². The van der Waals surface area contributed by atoms with E-state index in [1.807, 2.05) is 105 Å². The first kappa shape index (κ1) is 29.4. The second-order valence-corrected chi connectivity index (χ2v) is 10.6. The molecule has 0 unspecified atom stereocenters. The van der Waals surface area contributed by atoms with Crippen molar-refractivity contribution in [2.75, 3.05) is 6.61 Å². The van der Waals surface area contributed by atoms with E-state index < -0.39 is 6.69 Å².